The summed E-state index contributed by atoms with van der Waals surface area (Å²) in [4.78, 5) is 0. The average Bonchev–Trinajstić information content (AvgIpc) is 2.65. The number of benzene rings is 3. The highest BCUT2D eigenvalue weighted by Gasteiger charge is 2.04. The summed E-state index contributed by atoms with van der Waals surface area (Å²) in [6.45, 7) is 0.529. The Bertz CT molecular complexity index is 886. The highest BCUT2D eigenvalue weighted by Crippen LogP contribution is 2.25. The molecule has 3 aromatic carbocycles. The first-order valence-electron chi connectivity index (χ1n) is 7.90. The summed E-state index contributed by atoms with van der Waals surface area (Å²) in [5, 5.41) is 7.69. The molecule has 0 spiro atoms. The maximum atomic E-state index is 6.12. The topological polar surface area (TPSA) is 33.3 Å². The summed E-state index contributed by atoms with van der Waals surface area (Å²) in [6, 6.07) is 22.8. The molecule has 0 fully saturated rings. The van der Waals surface area contributed by atoms with E-state index < -0.39 is 0 Å². The molecular formula is C20H16Cl2N2OS. The van der Waals surface area contributed by atoms with Crippen molar-refractivity contribution in [2.24, 2.45) is 0 Å². The Morgan fingerprint density at radius 3 is 2.35 bits per heavy atom. The van der Waals surface area contributed by atoms with Gasteiger partial charge < -0.3 is 15.4 Å². The van der Waals surface area contributed by atoms with E-state index in [0.717, 1.165) is 17.0 Å². The Hall–Kier alpha value is -2.27. The van der Waals surface area contributed by atoms with Crippen LogP contribution in [0.3, 0.4) is 0 Å². The number of anilines is 2. The number of rotatable bonds is 5. The van der Waals surface area contributed by atoms with Gasteiger partial charge in [-0.25, -0.2) is 0 Å². The molecule has 0 saturated carbocycles. The number of hydrogen-bond acceptors (Lipinski definition) is 2. The maximum absolute atomic E-state index is 6.12. The molecule has 2 N–H and O–H groups in total. The van der Waals surface area contributed by atoms with Crippen molar-refractivity contribution in [1.82, 2.24) is 0 Å². The third-order valence-corrected chi connectivity index (χ3v) is 4.31. The summed E-state index contributed by atoms with van der Waals surface area (Å²) in [5.41, 5.74) is 2.62. The first kappa shape index (κ1) is 18.5. The summed E-state index contributed by atoms with van der Waals surface area (Å²) in [5.74, 6) is 0.788. The highest BCUT2D eigenvalue weighted by atomic mass is 35.5. The summed E-state index contributed by atoms with van der Waals surface area (Å²) < 4.78 is 5.77. The first-order chi connectivity index (χ1) is 12.6. The van der Waals surface area contributed by atoms with Crippen LogP contribution in [-0.4, -0.2) is 5.11 Å². The first-order valence-corrected chi connectivity index (χ1v) is 9.06. The van der Waals surface area contributed by atoms with E-state index in [2.05, 4.69) is 10.6 Å². The van der Waals surface area contributed by atoms with Crippen LogP contribution in [0.2, 0.25) is 10.0 Å². The molecule has 0 aliphatic heterocycles. The molecule has 0 saturated heterocycles. The van der Waals surface area contributed by atoms with Gasteiger partial charge in [0.2, 0.25) is 0 Å². The van der Waals surface area contributed by atoms with Gasteiger partial charge in [0.05, 0.1) is 10.7 Å². The van der Waals surface area contributed by atoms with E-state index in [0.29, 0.717) is 27.5 Å². The Kier molecular flexibility index (Phi) is 6.34. The lowest BCUT2D eigenvalue weighted by atomic mass is 10.2. The van der Waals surface area contributed by atoms with Crippen LogP contribution in [0, 0.1) is 0 Å². The minimum absolute atomic E-state index is 0.423. The van der Waals surface area contributed by atoms with Crippen molar-refractivity contribution in [3.8, 4) is 5.75 Å². The molecule has 0 aliphatic rings. The second kappa shape index (κ2) is 8.90. The number of ether oxygens (including phenoxy) is 1. The lowest BCUT2D eigenvalue weighted by Gasteiger charge is -2.13. The second-order valence-corrected chi connectivity index (χ2v) is 6.75. The highest BCUT2D eigenvalue weighted by molar-refractivity contribution is 7.80. The van der Waals surface area contributed by atoms with Crippen LogP contribution >= 0.6 is 35.4 Å². The Labute approximate surface area is 167 Å². The van der Waals surface area contributed by atoms with E-state index in [1.165, 1.54) is 0 Å². The van der Waals surface area contributed by atoms with Crippen molar-refractivity contribution in [3.05, 3.63) is 88.4 Å². The van der Waals surface area contributed by atoms with E-state index in [-0.39, 0.29) is 0 Å². The van der Waals surface area contributed by atoms with Gasteiger partial charge in [-0.1, -0.05) is 53.5 Å². The monoisotopic (exact) mass is 402 g/mol. The average molecular weight is 403 g/mol. The minimum atomic E-state index is 0.423. The standard InChI is InChI=1S/C20H16Cl2N2OS/c21-15-6-11-18(22)19(12-15)24-20(26)23-16-7-9-17(10-8-16)25-13-14-4-2-1-3-5-14/h1-12H,13H2,(H2,23,24,26). The number of hydrogen-bond donors (Lipinski definition) is 2. The molecule has 0 unspecified atom stereocenters. The van der Waals surface area contributed by atoms with E-state index >= 15 is 0 Å². The van der Waals surface area contributed by atoms with Crippen molar-refractivity contribution in [2.45, 2.75) is 6.61 Å². The molecule has 26 heavy (non-hydrogen) atoms. The largest absolute Gasteiger partial charge is 0.489 e. The molecule has 0 amide bonds. The smallest absolute Gasteiger partial charge is 0.175 e. The molecular weight excluding hydrogens is 387 g/mol. The molecule has 3 aromatic rings. The molecule has 0 bridgehead atoms. The maximum Gasteiger partial charge on any atom is 0.175 e. The molecule has 3 rings (SSSR count). The van der Waals surface area contributed by atoms with Crippen molar-refractivity contribution >= 4 is 51.9 Å². The van der Waals surface area contributed by atoms with Crippen molar-refractivity contribution in [2.75, 3.05) is 10.6 Å². The normalized spacial score (nSPS) is 10.2. The van der Waals surface area contributed by atoms with Crippen molar-refractivity contribution in [3.63, 3.8) is 0 Å². The van der Waals surface area contributed by atoms with E-state index in [4.69, 9.17) is 40.2 Å². The number of nitrogens with one attached hydrogen (secondary N) is 2. The zero-order valence-electron chi connectivity index (χ0n) is 13.7. The number of thiocarbonyl (C=S) groups is 1. The Balaban J connectivity index is 1.55. The predicted molar refractivity (Wildman–Crippen MR) is 114 cm³/mol. The van der Waals surface area contributed by atoms with Crippen LogP contribution in [0.1, 0.15) is 5.56 Å². The molecule has 0 atom stereocenters. The van der Waals surface area contributed by atoms with Crippen LogP contribution in [0.25, 0.3) is 0 Å². The van der Waals surface area contributed by atoms with Crippen LogP contribution in [0.5, 0.6) is 5.75 Å². The van der Waals surface area contributed by atoms with Crippen LogP contribution in [0.4, 0.5) is 11.4 Å². The fourth-order valence-corrected chi connectivity index (χ4v) is 2.82. The summed E-state index contributed by atoms with van der Waals surface area (Å²) in [6.07, 6.45) is 0. The van der Waals surface area contributed by atoms with Gasteiger partial charge in [-0.15, -0.1) is 0 Å². The zero-order chi connectivity index (χ0) is 18.4. The Morgan fingerprint density at radius 1 is 0.885 bits per heavy atom. The van der Waals surface area contributed by atoms with Gasteiger partial charge in [0, 0.05) is 10.7 Å². The second-order valence-electron chi connectivity index (χ2n) is 5.50. The molecule has 0 radical (unpaired) electrons. The Morgan fingerprint density at radius 2 is 1.62 bits per heavy atom. The fraction of sp³-hybridized carbons (Fsp3) is 0.0500. The minimum Gasteiger partial charge on any atom is -0.489 e. The van der Waals surface area contributed by atoms with Crippen LogP contribution in [0.15, 0.2) is 72.8 Å². The van der Waals surface area contributed by atoms with Gasteiger partial charge in [0.1, 0.15) is 12.4 Å². The van der Waals surface area contributed by atoms with Crippen molar-refractivity contribution in [1.29, 1.82) is 0 Å². The van der Waals surface area contributed by atoms with Gasteiger partial charge in [0.25, 0.3) is 0 Å². The lowest BCUT2D eigenvalue weighted by molar-refractivity contribution is 0.306. The summed E-state index contributed by atoms with van der Waals surface area (Å²) in [7, 11) is 0. The molecule has 0 heterocycles. The lowest BCUT2D eigenvalue weighted by Crippen LogP contribution is -2.19. The molecule has 132 valence electrons. The van der Waals surface area contributed by atoms with Gasteiger partial charge in [0.15, 0.2) is 5.11 Å². The van der Waals surface area contributed by atoms with E-state index in [1.807, 2.05) is 54.6 Å². The SMILES string of the molecule is S=C(Nc1ccc(OCc2ccccc2)cc1)Nc1cc(Cl)ccc1Cl. The van der Waals surface area contributed by atoms with Crippen LogP contribution < -0.4 is 15.4 Å². The molecule has 6 heteroatoms. The molecule has 0 aromatic heterocycles. The predicted octanol–water partition coefficient (Wildman–Crippen LogP) is 6.38. The fourth-order valence-electron chi connectivity index (χ4n) is 2.25. The third-order valence-electron chi connectivity index (χ3n) is 3.54. The third kappa shape index (κ3) is 5.36. The zero-order valence-corrected chi connectivity index (χ0v) is 16.0. The molecule has 3 nitrogen and oxygen atoms in total. The van der Waals surface area contributed by atoms with Gasteiger partial charge in [-0.3, -0.25) is 0 Å². The van der Waals surface area contributed by atoms with Gasteiger partial charge >= 0.3 is 0 Å². The van der Waals surface area contributed by atoms with E-state index in [9.17, 15) is 0 Å². The van der Waals surface area contributed by atoms with Crippen molar-refractivity contribution < 1.29 is 4.74 Å². The number of halogens is 2. The quantitative estimate of drug-likeness (QED) is 0.484. The molecule has 0 aliphatic carbocycles. The summed E-state index contributed by atoms with van der Waals surface area (Å²) >= 11 is 17.4. The van der Waals surface area contributed by atoms with E-state index in [1.54, 1.807) is 18.2 Å². The van der Waals surface area contributed by atoms with Gasteiger partial charge in [-0.2, -0.15) is 0 Å². The van der Waals surface area contributed by atoms with Gasteiger partial charge in [-0.05, 0) is 60.2 Å². The van der Waals surface area contributed by atoms with Crippen LogP contribution in [-0.2, 0) is 6.61 Å².